The Morgan fingerprint density at radius 2 is 2.00 bits per heavy atom. The molecule has 3 aliphatic carbocycles. The van der Waals surface area contributed by atoms with Gasteiger partial charge in [0.1, 0.15) is 0 Å². The lowest BCUT2D eigenvalue weighted by molar-refractivity contribution is -0.297. The summed E-state index contributed by atoms with van der Waals surface area (Å²) in [4.78, 5) is 2.60. The first-order chi connectivity index (χ1) is 14.6. The van der Waals surface area contributed by atoms with Gasteiger partial charge in [-0.25, -0.2) is 0 Å². The molecule has 2 bridgehead atoms. The van der Waals surface area contributed by atoms with Gasteiger partial charge in [-0.15, -0.1) is 0 Å². The molecule has 3 aliphatic heterocycles. The fraction of sp³-hybridized carbons (Fsp3) is 0.750. The predicted molar refractivity (Wildman–Crippen MR) is 109 cm³/mol. The molecule has 2 saturated carbocycles. The molecule has 4 atom stereocenters. The van der Waals surface area contributed by atoms with E-state index in [0.717, 1.165) is 43.3 Å². The van der Waals surface area contributed by atoms with Gasteiger partial charge in [0.2, 0.25) is 5.79 Å². The molecule has 2 spiro atoms. The normalized spacial score (nSPS) is 40.7. The maximum atomic E-state index is 12.5. The summed E-state index contributed by atoms with van der Waals surface area (Å²) in [5.74, 6) is 1.60. The summed E-state index contributed by atoms with van der Waals surface area (Å²) >= 11 is 0. The van der Waals surface area contributed by atoms with E-state index in [1.54, 1.807) is 7.11 Å². The van der Waals surface area contributed by atoms with E-state index in [4.69, 9.17) is 18.9 Å². The van der Waals surface area contributed by atoms with Crippen LogP contribution >= 0.6 is 0 Å². The lowest BCUT2D eigenvalue weighted by atomic mass is 9.48. The molecule has 2 saturated heterocycles. The van der Waals surface area contributed by atoms with Crippen molar-refractivity contribution in [2.24, 2.45) is 5.92 Å². The standard InChI is InChI=1S/C24H31NO5/c1-27-17-6-5-16-13-18-23(26)7-8-24(28-11-12-29-24)21-22(23,19(16)20(17)30-21)9-10-25(18)14-15-3-2-4-15/h5-6,15,18,21,26H,2-4,7-14H2,1H3/t18-,21?,22+,23?/m0/s1. The molecular weight excluding hydrogens is 382 g/mol. The molecule has 6 aliphatic rings. The summed E-state index contributed by atoms with van der Waals surface area (Å²) < 4.78 is 24.9. The first-order valence-electron chi connectivity index (χ1n) is 11.7. The Labute approximate surface area is 177 Å². The molecule has 0 amide bonds. The number of rotatable bonds is 3. The number of piperidine rings is 1. The maximum absolute atomic E-state index is 12.5. The van der Waals surface area contributed by atoms with E-state index >= 15 is 0 Å². The van der Waals surface area contributed by atoms with Crippen molar-refractivity contribution in [3.05, 3.63) is 23.3 Å². The Bertz CT molecular complexity index is 894. The van der Waals surface area contributed by atoms with Crippen LogP contribution in [0.3, 0.4) is 0 Å². The second-order valence-electron chi connectivity index (χ2n) is 10.3. The van der Waals surface area contributed by atoms with Crippen molar-refractivity contribution < 1.29 is 24.1 Å². The van der Waals surface area contributed by atoms with Gasteiger partial charge in [0.05, 0.1) is 31.3 Å². The topological polar surface area (TPSA) is 60.4 Å². The van der Waals surface area contributed by atoms with E-state index in [-0.39, 0.29) is 12.1 Å². The first-order valence-corrected chi connectivity index (χ1v) is 11.7. The zero-order chi connectivity index (χ0) is 20.1. The Hall–Kier alpha value is -1.34. The van der Waals surface area contributed by atoms with Crippen LogP contribution in [0, 0.1) is 5.92 Å². The minimum Gasteiger partial charge on any atom is -0.493 e. The summed E-state index contributed by atoms with van der Waals surface area (Å²) in [6, 6.07) is 4.35. The predicted octanol–water partition coefficient (Wildman–Crippen LogP) is 2.39. The average molecular weight is 414 g/mol. The minimum atomic E-state index is -0.829. The maximum Gasteiger partial charge on any atom is 0.207 e. The van der Waals surface area contributed by atoms with Crippen LogP contribution in [0.5, 0.6) is 11.5 Å². The van der Waals surface area contributed by atoms with Crippen LogP contribution < -0.4 is 9.47 Å². The number of nitrogens with zero attached hydrogens (tertiary/aromatic N) is 1. The highest BCUT2D eigenvalue weighted by Gasteiger charge is 2.77. The van der Waals surface area contributed by atoms with Gasteiger partial charge in [0.15, 0.2) is 17.6 Å². The smallest absolute Gasteiger partial charge is 0.207 e. The van der Waals surface area contributed by atoms with Gasteiger partial charge in [-0.2, -0.15) is 0 Å². The monoisotopic (exact) mass is 413 g/mol. The van der Waals surface area contributed by atoms with Crippen LogP contribution in [0.15, 0.2) is 12.1 Å². The quantitative estimate of drug-likeness (QED) is 0.821. The van der Waals surface area contributed by atoms with Crippen molar-refractivity contribution in [3.8, 4) is 11.5 Å². The van der Waals surface area contributed by atoms with Gasteiger partial charge in [-0.05, 0) is 56.2 Å². The van der Waals surface area contributed by atoms with E-state index in [0.29, 0.717) is 26.1 Å². The highest BCUT2D eigenvalue weighted by Crippen LogP contribution is 2.68. The van der Waals surface area contributed by atoms with E-state index in [1.165, 1.54) is 30.4 Å². The molecule has 7 rings (SSSR count). The molecule has 6 nitrogen and oxygen atoms in total. The molecule has 6 heteroatoms. The van der Waals surface area contributed by atoms with E-state index < -0.39 is 16.8 Å². The van der Waals surface area contributed by atoms with Gasteiger partial charge in [-0.1, -0.05) is 12.5 Å². The number of hydrogen-bond acceptors (Lipinski definition) is 6. The van der Waals surface area contributed by atoms with Crippen LogP contribution in [0.1, 0.15) is 49.7 Å². The molecule has 3 heterocycles. The van der Waals surface area contributed by atoms with Gasteiger partial charge < -0.3 is 24.1 Å². The summed E-state index contributed by atoms with van der Waals surface area (Å²) in [7, 11) is 1.69. The minimum absolute atomic E-state index is 0.128. The third-order valence-electron chi connectivity index (χ3n) is 9.28. The zero-order valence-corrected chi connectivity index (χ0v) is 17.7. The van der Waals surface area contributed by atoms with Crippen molar-refractivity contribution >= 4 is 0 Å². The molecule has 0 radical (unpaired) electrons. The van der Waals surface area contributed by atoms with Crippen LogP contribution in [-0.4, -0.2) is 67.0 Å². The summed E-state index contributed by atoms with van der Waals surface area (Å²) in [5.41, 5.74) is 1.15. The van der Waals surface area contributed by atoms with Gasteiger partial charge in [0, 0.05) is 24.6 Å². The van der Waals surface area contributed by atoms with Gasteiger partial charge in [-0.3, -0.25) is 4.90 Å². The number of fused-ring (bicyclic) bond motifs is 1. The lowest BCUT2D eigenvalue weighted by Gasteiger charge is -2.65. The van der Waals surface area contributed by atoms with Crippen LogP contribution in [0.2, 0.25) is 0 Å². The number of likely N-dealkylation sites (tertiary alicyclic amines) is 1. The first kappa shape index (κ1) is 18.3. The molecular formula is C24H31NO5. The van der Waals surface area contributed by atoms with Gasteiger partial charge in [0.25, 0.3) is 0 Å². The lowest BCUT2D eigenvalue weighted by Crippen LogP contribution is -2.79. The highest BCUT2D eigenvalue weighted by molar-refractivity contribution is 5.63. The number of hydrogen-bond donors (Lipinski definition) is 1. The molecule has 4 fully saturated rings. The van der Waals surface area contributed by atoms with Crippen molar-refractivity contribution in [1.82, 2.24) is 4.90 Å². The molecule has 30 heavy (non-hydrogen) atoms. The number of benzene rings is 1. The molecule has 1 aromatic rings. The van der Waals surface area contributed by atoms with Crippen LogP contribution in [-0.2, 0) is 21.3 Å². The van der Waals surface area contributed by atoms with Gasteiger partial charge >= 0.3 is 0 Å². The summed E-state index contributed by atoms with van der Waals surface area (Å²) in [6.45, 7) is 3.29. The second-order valence-corrected chi connectivity index (χ2v) is 10.3. The van der Waals surface area contributed by atoms with Crippen molar-refractivity contribution in [2.75, 3.05) is 33.4 Å². The van der Waals surface area contributed by atoms with Crippen molar-refractivity contribution in [1.29, 1.82) is 0 Å². The van der Waals surface area contributed by atoms with E-state index in [2.05, 4.69) is 11.0 Å². The molecule has 1 N–H and O–H groups in total. The SMILES string of the molecule is COc1ccc2c3c1OC1C4(CCC5(O)[C@H](C2)N(CC2CCC2)CC[C@@]315)OCCO4. The fourth-order valence-corrected chi connectivity index (χ4v) is 7.73. The largest absolute Gasteiger partial charge is 0.493 e. The Kier molecular flexibility index (Phi) is 3.60. The Morgan fingerprint density at radius 1 is 1.17 bits per heavy atom. The second kappa shape index (κ2) is 5.91. The third-order valence-corrected chi connectivity index (χ3v) is 9.28. The summed E-state index contributed by atoms with van der Waals surface area (Å²) in [6.07, 6.45) is 6.81. The number of aliphatic hydroxyl groups is 1. The molecule has 0 aromatic heterocycles. The fourth-order valence-electron chi connectivity index (χ4n) is 7.73. The van der Waals surface area contributed by atoms with Crippen molar-refractivity contribution in [3.63, 3.8) is 0 Å². The average Bonchev–Trinajstić information content (AvgIpc) is 3.32. The van der Waals surface area contributed by atoms with Crippen LogP contribution in [0.4, 0.5) is 0 Å². The zero-order valence-electron chi connectivity index (χ0n) is 17.7. The van der Waals surface area contributed by atoms with Crippen molar-refractivity contribution in [2.45, 2.75) is 73.9 Å². The van der Waals surface area contributed by atoms with E-state index in [1.807, 2.05) is 6.07 Å². The Balaban J connectivity index is 1.41. The highest BCUT2D eigenvalue weighted by atomic mass is 16.8. The Morgan fingerprint density at radius 3 is 2.73 bits per heavy atom. The molecule has 1 aromatic carbocycles. The van der Waals surface area contributed by atoms with Crippen LogP contribution in [0.25, 0.3) is 0 Å². The molecule has 2 unspecified atom stereocenters. The summed E-state index contributed by atoms with van der Waals surface area (Å²) in [5, 5.41) is 12.5. The van der Waals surface area contributed by atoms with E-state index in [9.17, 15) is 5.11 Å². The number of methoxy groups -OCH3 is 1. The number of ether oxygens (including phenoxy) is 4. The molecule has 162 valence electrons. The third kappa shape index (κ3) is 1.96.